The van der Waals surface area contributed by atoms with Crippen LogP contribution in [0.25, 0.3) is 5.65 Å². The molecule has 7 nitrogen and oxygen atoms in total. The van der Waals surface area contributed by atoms with Gasteiger partial charge in [-0.25, -0.2) is 9.89 Å². The second-order valence-corrected chi connectivity index (χ2v) is 6.04. The molecular weight excluding hydrogens is 268 g/mol. The maximum absolute atomic E-state index is 11.6. The lowest BCUT2D eigenvalue weighted by atomic mass is 9.90. The number of hydrogen-bond acceptors (Lipinski definition) is 5. The van der Waals surface area contributed by atoms with Crippen LogP contribution in [0.3, 0.4) is 0 Å². The zero-order chi connectivity index (χ0) is 14.2. The van der Waals surface area contributed by atoms with Gasteiger partial charge in [0.2, 0.25) is 0 Å². The molecule has 7 heteroatoms. The van der Waals surface area contributed by atoms with Gasteiger partial charge in [0.05, 0.1) is 0 Å². The molecule has 0 bridgehead atoms. The molecule has 0 aliphatic carbocycles. The van der Waals surface area contributed by atoms with Crippen molar-refractivity contribution >= 4 is 11.5 Å². The first kappa shape index (κ1) is 12.8. The minimum Gasteiger partial charge on any atom is -0.355 e. The fourth-order valence-corrected chi connectivity index (χ4v) is 3.62. The van der Waals surface area contributed by atoms with Crippen LogP contribution in [0.4, 0.5) is 5.82 Å². The molecule has 0 spiro atoms. The van der Waals surface area contributed by atoms with Crippen molar-refractivity contribution in [2.24, 2.45) is 5.92 Å². The van der Waals surface area contributed by atoms with Gasteiger partial charge in [-0.3, -0.25) is 0 Å². The van der Waals surface area contributed by atoms with E-state index in [-0.39, 0.29) is 5.69 Å². The van der Waals surface area contributed by atoms with E-state index in [2.05, 4.69) is 25.5 Å². The van der Waals surface area contributed by atoms with Crippen molar-refractivity contribution in [2.75, 3.05) is 24.5 Å². The minimum atomic E-state index is -0.280. The third kappa shape index (κ3) is 2.31. The molecule has 0 aromatic carbocycles. The van der Waals surface area contributed by atoms with E-state index < -0.39 is 0 Å². The Hall–Kier alpha value is -1.89. The van der Waals surface area contributed by atoms with Crippen molar-refractivity contribution in [3.63, 3.8) is 0 Å². The number of nitrogens with one attached hydrogen (secondary N) is 2. The molecule has 112 valence electrons. The van der Waals surface area contributed by atoms with Crippen molar-refractivity contribution in [1.29, 1.82) is 0 Å². The largest absolute Gasteiger partial charge is 0.364 e. The molecular formula is C14H20N6O. The van der Waals surface area contributed by atoms with Crippen LogP contribution in [0, 0.1) is 5.92 Å². The quantitative estimate of drug-likeness (QED) is 0.835. The van der Waals surface area contributed by atoms with Crippen molar-refractivity contribution < 1.29 is 0 Å². The minimum absolute atomic E-state index is 0.280. The number of rotatable bonds is 2. The zero-order valence-corrected chi connectivity index (χ0v) is 12.0. The van der Waals surface area contributed by atoms with E-state index in [0.717, 1.165) is 25.5 Å². The molecule has 2 atom stereocenters. The Kier molecular flexibility index (Phi) is 3.14. The van der Waals surface area contributed by atoms with Gasteiger partial charge in [0.25, 0.3) is 0 Å². The molecule has 2 unspecified atom stereocenters. The summed E-state index contributed by atoms with van der Waals surface area (Å²) >= 11 is 0. The van der Waals surface area contributed by atoms with Crippen molar-refractivity contribution in [3.05, 3.63) is 22.6 Å². The van der Waals surface area contributed by atoms with Crippen LogP contribution in [-0.2, 0) is 0 Å². The summed E-state index contributed by atoms with van der Waals surface area (Å²) in [5.41, 5.74) is 0.285. The first-order valence-corrected chi connectivity index (χ1v) is 7.74. The average molecular weight is 288 g/mol. The lowest BCUT2D eigenvalue weighted by Crippen LogP contribution is -2.44. The van der Waals surface area contributed by atoms with Crippen LogP contribution in [0.1, 0.15) is 25.7 Å². The SMILES string of the molecule is O=c1[nH]nc2ccc(N3CCCC(C4CCCN4)C3)nn12. The van der Waals surface area contributed by atoms with Crippen LogP contribution < -0.4 is 15.9 Å². The summed E-state index contributed by atoms with van der Waals surface area (Å²) in [5.74, 6) is 1.55. The maximum atomic E-state index is 11.6. The van der Waals surface area contributed by atoms with Crippen molar-refractivity contribution in [2.45, 2.75) is 31.7 Å². The maximum Gasteiger partial charge on any atom is 0.364 e. The van der Waals surface area contributed by atoms with Gasteiger partial charge in [-0.2, -0.15) is 9.61 Å². The van der Waals surface area contributed by atoms with Crippen molar-refractivity contribution in [3.8, 4) is 0 Å². The second kappa shape index (κ2) is 5.14. The highest BCUT2D eigenvalue weighted by molar-refractivity contribution is 5.45. The predicted octanol–water partition coefficient (Wildman–Crippen LogP) is 0.386. The second-order valence-electron chi connectivity index (χ2n) is 6.04. The summed E-state index contributed by atoms with van der Waals surface area (Å²) in [7, 11) is 0. The van der Waals surface area contributed by atoms with Crippen molar-refractivity contribution in [1.82, 2.24) is 25.1 Å². The number of fused-ring (bicyclic) bond motifs is 1. The number of aromatic nitrogens is 4. The molecule has 0 saturated carbocycles. The number of piperidine rings is 1. The molecule has 2 aromatic heterocycles. The number of nitrogens with zero attached hydrogens (tertiary/aromatic N) is 4. The van der Waals surface area contributed by atoms with Gasteiger partial charge in [-0.15, -0.1) is 5.10 Å². The summed E-state index contributed by atoms with van der Waals surface area (Å²) in [6, 6.07) is 4.45. The highest BCUT2D eigenvalue weighted by Crippen LogP contribution is 2.27. The third-order valence-electron chi connectivity index (χ3n) is 4.71. The van der Waals surface area contributed by atoms with E-state index in [1.807, 2.05) is 12.1 Å². The summed E-state index contributed by atoms with van der Waals surface area (Å²) in [5, 5.41) is 14.4. The van der Waals surface area contributed by atoms with Crippen LogP contribution in [0.2, 0.25) is 0 Å². The standard InChI is InChI=1S/C14H20N6O/c21-14-17-16-12-5-6-13(18-20(12)14)19-8-2-3-10(9-19)11-4-1-7-15-11/h5-6,10-11,15H,1-4,7-9H2,(H,17,21). The van der Waals surface area contributed by atoms with E-state index in [9.17, 15) is 4.79 Å². The Morgan fingerprint density at radius 3 is 3.05 bits per heavy atom. The molecule has 4 heterocycles. The van der Waals surface area contributed by atoms with E-state index in [1.165, 1.54) is 30.2 Å². The molecule has 2 aromatic rings. The van der Waals surface area contributed by atoms with Crippen LogP contribution in [-0.4, -0.2) is 45.5 Å². The number of H-pyrrole nitrogens is 1. The predicted molar refractivity (Wildman–Crippen MR) is 79.6 cm³/mol. The van der Waals surface area contributed by atoms with Gasteiger partial charge >= 0.3 is 5.69 Å². The number of anilines is 1. The highest BCUT2D eigenvalue weighted by Gasteiger charge is 2.29. The van der Waals surface area contributed by atoms with Gasteiger partial charge in [0.1, 0.15) is 5.82 Å². The normalized spacial score (nSPS) is 26.6. The molecule has 2 N–H and O–H groups in total. The van der Waals surface area contributed by atoms with E-state index in [1.54, 1.807) is 0 Å². The molecule has 21 heavy (non-hydrogen) atoms. The molecule has 2 aliphatic rings. The van der Waals surface area contributed by atoms with Gasteiger partial charge in [-0.1, -0.05) is 0 Å². The molecule has 4 rings (SSSR count). The summed E-state index contributed by atoms with van der Waals surface area (Å²) in [6.45, 7) is 3.17. The fraction of sp³-hybridized carbons (Fsp3) is 0.643. The molecule has 2 aliphatic heterocycles. The lowest BCUT2D eigenvalue weighted by Gasteiger charge is -2.36. The molecule has 2 saturated heterocycles. The topological polar surface area (TPSA) is 78.3 Å². The zero-order valence-electron chi connectivity index (χ0n) is 12.0. The Morgan fingerprint density at radius 1 is 1.24 bits per heavy atom. The molecule has 0 amide bonds. The molecule has 2 fully saturated rings. The fourth-order valence-electron chi connectivity index (χ4n) is 3.62. The van der Waals surface area contributed by atoms with E-state index in [0.29, 0.717) is 17.6 Å². The Morgan fingerprint density at radius 2 is 2.19 bits per heavy atom. The van der Waals surface area contributed by atoms with Gasteiger partial charge in [-0.05, 0) is 50.3 Å². The number of hydrogen-bond donors (Lipinski definition) is 2. The monoisotopic (exact) mass is 288 g/mol. The Bertz CT molecular complexity index is 686. The van der Waals surface area contributed by atoms with E-state index >= 15 is 0 Å². The number of aromatic amines is 1. The van der Waals surface area contributed by atoms with Gasteiger partial charge in [0, 0.05) is 19.1 Å². The van der Waals surface area contributed by atoms with E-state index in [4.69, 9.17) is 0 Å². The summed E-state index contributed by atoms with van der Waals surface area (Å²) in [6.07, 6.45) is 5.03. The Labute approximate surface area is 122 Å². The van der Waals surface area contributed by atoms with Gasteiger partial charge < -0.3 is 10.2 Å². The van der Waals surface area contributed by atoms with Crippen LogP contribution in [0.5, 0.6) is 0 Å². The summed E-state index contributed by atoms with van der Waals surface area (Å²) < 4.78 is 1.34. The van der Waals surface area contributed by atoms with Crippen LogP contribution >= 0.6 is 0 Å². The first-order chi connectivity index (χ1) is 10.3. The van der Waals surface area contributed by atoms with Crippen LogP contribution in [0.15, 0.2) is 16.9 Å². The summed E-state index contributed by atoms with van der Waals surface area (Å²) in [4.78, 5) is 13.9. The molecule has 0 radical (unpaired) electrons. The average Bonchev–Trinajstić information content (AvgIpc) is 3.18. The smallest absolute Gasteiger partial charge is 0.355 e. The lowest BCUT2D eigenvalue weighted by molar-refractivity contribution is 0.327. The Balaban J connectivity index is 1.58. The highest BCUT2D eigenvalue weighted by atomic mass is 16.2. The first-order valence-electron chi connectivity index (χ1n) is 7.74. The van der Waals surface area contributed by atoms with Gasteiger partial charge in [0.15, 0.2) is 5.65 Å². The third-order valence-corrected chi connectivity index (χ3v) is 4.71.